The van der Waals surface area contributed by atoms with Crippen molar-refractivity contribution in [3.05, 3.63) is 0 Å². The number of nitrogens with zero attached hydrogens (tertiary/aromatic N) is 2. The number of hydrogen-bond acceptors (Lipinski definition) is 4. The fraction of sp³-hybridized carbons (Fsp3) is 1.00. The smallest absolute Gasteiger partial charge is 0.216 e. The summed E-state index contributed by atoms with van der Waals surface area (Å²) in [5.74, 6) is -0.178. The topological polar surface area (TPSA) is 60.9 Å². The SMILES string of the molecule is CCN(CCCN(C)C)S(=O)(=O)CCO. The number of aliphatic hydroxyl groups is 1. The van der Waals surface area contributed by atoms with Gasteiger partial charge >= 0.3 is 0 Å². The lowest BCUT2D eigenvalue weighted by Gasteiger charge is -2.20. The average molecular weight is 238 g/mol. The van der Waals surface area contributed by atoms with E-state index < -0.39 is 10.0 Å². The van der Waals surface area contributed by atoms with Gasteiger partial charge in [0, 0.05) is 13.1 Å². The third-order valence-corrected chi connectivity index (χ3v) is 4.03. The van der Waals surface area contributed by atoms with Crippen molar-refractivity contribution in [2.45, 2.75) is 13.3 Å². The molecule has 0 radical (unpaired) electrons. The molecule has 15 heavy (non-hydrogen) atoms. The van der Waals surface area contributed by atoms with Crippen molar-refractivity contribution in [2.75, 3.05) is 46.1 Å². The van der Waals surface area contributed by atoms with Gasteiger partial charge in [-0.3, -0.25) is 0 Å². The fourth-order valence-corrected chi connectivity index (χ4v) is 2.59. The highest BCUT2D eigenvalue weighted by molar-refractivity contribution is 7.89. The first-order valence-electron chi connectivity index (χ1n) is 5.17. The van der Waals surface area contributed by atoms with Crippen LogP contribution in [0.3, 0.4) is 0 Å². The van der Waals surface area contributed by atoms with Crippen LogP contribution in [0.1, 0.15) is 13.3 Å². The molecule has 0 aromatic rings. The third-order valence-electron chi connectivity index (χ3n) is 2.11. The highest BCUT2D eigenvalue weighted by Gasteiger charge is 2.18. The Hall–Kier alpha value is -0.170. The Morgan fingerprint density at radius 2 is 1.80 bits per heavy atom. The normalized spacial score (nSPS) is 12.7. The van der Waals surface area contributed by atoms with Crippen molar-refractivity contribution in [2.24, 2.45) is 0 Å². The molecule has 0 saturated heterocycles. The van der Waals surface area contributed by atoms with Gasteiger partial charge in [0.15, 0.2) is 0 Å². The standard InChI is InChI=1S/C9H22N2O3S/c1-4-11(7-5-6-10(2)3)15(13,14)9-8-12/h12H,4-9H2,1-3H3. The lowest BCUT2D eigenvalue weighted by Crippen LogP contribution is -2.35. The molecule has 1 N–H and O–H groups in total. The van der Waals surface area contributed by atoms with Crippen LogP contribution in [0.25, 0.3) is 0 Å². The summed E-state index contributed by atoms with van der Waals surface area (Å²) in [4.78, 5) is 2.02. The summed E-state index contributed by atoms with van der Waals surface area (Å²) in [7, 11) is 0.658. The minimum absolute atomic E-state index is 0.178. The molecule has 0 bridgehead atoms. The Labute approximate surface area is 92.7 Å². The molecule has 0 aliphatic rings. The van der Waals surface area contributed by atoms with Crippen molar-refractivity contribution >= 4 is 10.0 Å². The molecule has 0 spiro atoms. The minimum Gasteiger partial charge on any atom is -0.395 e. The lowest BCUT2D eigenvalue weighted by atomic mass is 10.4. The van der Waals surface area contributed by atoms with Gasteiger partial charge in [0.1, 0.15) is 0 Å². The fourth-order valence-electron chi connectivity index (χ4n) is 1.30. The van der Waals surface area contributed by atoms with Gasteiger partial charge in [-0.2, -0.15) is 0 Å². The molecule has 6 heteroatoms. The monoisotopic (exact) mass is 238 g/mol. The van der Waals surface area contributed by atoms with Crippen LogP contribution in [-0.2, 0) is 10.0 Å². The number of sulfonamides is 1. The van der Waals surface area contributed by atoms with Gasteiger partial charge in [-0.1, -0.05) is 6.92 Å². The summed E-state index contributed by atoms with van der Waals surface area (Å²) < 4.78 is 24.6. The predicted octanol–water partition coefficient (Wildman–Crippen LogP) is -0.418. The zero-order valence-corrected chi connectivity index (χ0v) is 10.6. The molecule has 5 nitrogen and oxygen atoms in total. The zero-order chi connectivity index (χ0) is 11.9. The summed E-state index contributed by atoms with van der Waals surface area (Å²) in [5.41, 5.74) is 0. The van der Waals surface area contributed by atoms with E-state index in [1.807, 2.05) is 25.9 Å². The third kappa shape index (κ3) is 6.09. The number of rotatable bonds is 8. The second kappa shape index (κ2) is 7.16. The van der Waals surface area contributed by atoms with Crippen LogP contribution >= 0.6 is 0 Å². The molecular formula is C9H22N2O3S. The van der Waals surface area contributed by atoms with E-state index >= 15 is 0 Å². The van der Waals surface area contributed by atoms with E-state index in [1.165, 1.54) is 4.31 Å². The Morgan fingerprint density at radius 3 is 2.20 bits per heavy atom. The summed E-state index contributed by atoms with van der Waals surface area (Å²) in [6, 6.07) is 0. The highest BCUT2D eigenvalue weighted by Crippen LogP contribution is 2.02. The minimum atomic E-state index is -3.26. The molecule has 0 unspecified atom stereocenters. The molecule has 0 aliphatic carbocycles. The maximum atomic E-state index is 11.6. The second-order valence-corrected chi connectivity index (χ2v) is 5.78. The molecule has 0 aromatic heterocycles. The predicted molar refractivity (Wildman–Crippen MR) is 61.3 cm³/mol. The van der Waals surface area contributed by atoms with E-state index in [0.717, 1.165) is 13.0 Å². The van der Waals surface area contributed by atoms with E-state index in [4.69, 9.17) is 5.11 Å². The van der Waals surface area contributed by atoms with Gasteiger partial charge in [-0.05, 0) is 27.1 Å². The van der Waals surface area contributed by atoms with Crippen molar-refractivity contribution < 1.29 is 13.5 Å². The summed E-state index contributed by atoms with van der Waals surface area (Å²) in [6.07, 6.45) is 0.811. The van der Waals surface area contributed by atoms with Gasteiger partial charge in [-0.15, -0.1) is 0 Å². The largest absolute Gasteiger partial charge is 0.395 e. The molecule has 0 aliphatic heterocycles. The Balaban J connectivity index is 4.13. The maximum Gasteiger partial charge on any atom is 0.216 e. The first-order valence-corrected chi connectivity index (χ1v) is 6.78. The van der Waals surface area contributed by atoms with E-state index in [9.17, 15) is 8.42 Å². The van der Waals surface area contributed by atoms with E-state index in [1.54, 1.807) is 0 Å². The van der Waals surface area contributed by atoms with Crippen LogP contribution < -0.4 is 0 Å². The first kappa shape index (κ1) is 14.8. The van der Waals surface area contributed by atoms with E-state index in [0.29, 0.717) is 13.1 Å². The van der Waals surface area contributed by atoms with Crippen molar-refractivity contribution in [1.82, 2.24) is 9.21 Å². The van der Waals surface area contributed by atoms with Crippen molar-refractivity contribution in [3.63, 3.8) is 0 Å². The molecular weight excluding hydrogens is 216 g/mol. The van der Waals surface area contributed by atoms with Gasteiger partial charge in [0.05, 0.1) is 12.4 Å². The zero-order valence-electron chi connectivity index (χ0n) is 9.81. The summed E-state index contributed by atoms with van der Waals surface area (Å²) >= 11 is 0. The van der Waals surface area contributed by atoms with Gasteiger partial charge in [0.2, 0.25) is 10.0 Å². The quantitative estimate of drug-likeness (QED) is 0.624. The molecule has 0 rings (SSSR count). The molecule has 0 amide bonds. The molecule has 0 aromatic carbocycles. The van der Waals surface area contributed by atoms with Gasteiger partial charge in [-0.25, -0.2) is 12.7 Å². The molecule has 0 heterocycles. The Morgan fingerprint density at radius 1 is 1.20 bits per heavy atom. The van der Waals surface area contributed by atoms with Gasteiger partial charge in [0.25, 0.3) is 0 Å². The molecule has 0 fully saturated rings. The van der Waals surface area contributed by atoms with Crippen LogP contribution in [0.5, 0.6) is 0 Å². The van der Waals surface area contributed by atoms with E-state index in [-0.39, 0.29) is 12.4 Å². The summed E-state index contributed by atoms with van der Waals surface area (Å²) in [6.45, 7) is 3.36. The molecule has 0 saturated carbocycles. The maximum absolute atomic E-state index is 11.6. The number of hydrogen-bond donors (Lipinski definition) is 1. The Kier molecular flexibility index (Phi) is 7.08. The van der Waals surface area contributed by atoms with Gasteiger partial charge < -0.3 is 10.0 Å². The molecule has 0 atom stereocenters. The van der Waals surface area contributed by atoms with Crippen LogP contribution in [0.2, 0.25) is 0 Å². The molecule has 92 valence electrons. The highest BCUT2D eigenvalue weighted by atomic mass is 32.2. The van der Waals surface area contributed by atoms with Crippen LogP contribution in [-0.4, -0.2) is 68.8 Å². The van der Waals surface area contributed by atoms with Crippen LogP contribution in [0, 0.1) is 0 Å². The first-order chi connectivity index (χ1) is 6.94. The van der Waals surface area contributed by atoms with Crippen LogP contribution in [0.4, 0.5) is 0 Å². The van der Waals surface area contributed by atoms with Crippen molar-refractivity contribution in [3.8, 4) is 0 Å². The summed E-state index contributed by atoms with van der Waals surface area (Å²) in [5, 5.41) is 8.65. The Bertz CT molecular complexity index is 252. The number of aliphatic hydroxyl groups excluding tert-OH is 1. The van der Waals surface area contributed by atoms with Crippen molar-refractivity contribution in [1.29, 1.82) is 0 Å². The van der Waals surface area contributed by atoms with E-state index in [2.05, 4.69) is 0 Å². The average Bonchev–Trinajstić information content (AvgIpc) is 2.11. The second-order valence-electron chi connectivity index (χ2n) is 3.69. The lowest BCUT2D eigenvalue weighted by molar-refractivity contribution is 0.312. The van der Waals surface area contributed by atoms with Crippen LogP contribution in [0.15, 0.2) is 0 Å².